The number of benzene rings is 1. The summed E-state index contributed by atoms with van der Waals surface area (Å²) in [6.07, 6.45) is 0. The number of anilines is 1. The molecule has 0 saturated carbocycles. The molecule has 1 aromatic heterocycles. The Morgan fingerprint density at radius 3 is 2.70 bits per heavy atom. The Balaban J connectivity index is 2.34. The summed E-state index contributed by atoms with van der Waals surface area (Å²) < 4.78 is 5.23. The van der Waals surface area contributed by atoms with Gasteiger partial charge < -0.3 is 9.84 Å². The van der Waals surface area contributed by atoms with E-state index in [1.807, 2.05) is 26.8 Å². The number of halogens is 1. The molecule has 106 valence electrons. The minimum absolute atomic E-state index is 0.0948. The maximum Gasteiger partial charge on any atom is 0.261 e. The average Bonchev–Trinajstić information content (AvgIpc) is 2.77. The second-order valence-corrected chi connectivity index (χ2v) is 5.44. The molecule has 0 spiro atoms. The van der Waals surface area contributed by atoms with Gasteiger partial charge in [0.1, 0.15) is 5.56 Å². The molecule has 1 aromatic carbocycles. The first-order valence-electron chi connectivity index (χ1n) is 6.44. The largest absolute Gasteiger partial charge is 0.360 e. The fourth-order valence-corrected chi connectivity index (χ4v) is 2.16. The van der Waals surface area contributed by atoms with E-state index in [0.29, 0.717) is 27.7 Å². The van der Waals surface area contributed by atoms with Crippen LogP contribution < -0.4 is 5.32 Å². The first-order chi connectivity index (χ1) is 9.41. The van der Waals surface area contributed by atoms with E-state index in [-0.39, 0.29) is 11.8 Å². The van der Waals surface area contributed by atoms with Crippen molar-refractivity contribution in [2.24, 2.45) is 0 Å². The third-order valence-corrected chi connectivity index (χ3v) is 3.57. The SMILES string of the molecule is Cc1noc(C(C)C)c1C(=O)Nc1cccc(Cl)c1C. The van der Waals surface area contributed by atoms with E-state index in [1.54, 1.807) is 19.1 Å². The van der Waals surface area contributed by atoms with Gasteiger partial charge in [0, 0.05) is 16.6 Å². The number of hydrogen-bond donors (Lipinski definition) is 1. The number of carbonyl (C=O) groups excluding carboxylic acids is 1. The highest BCUT2D eigenvalue weighted by Gasteiger charge is 2.23. The van der Waals surface area contributed by atoms with Gasteiger partial charge in [-0.25, -0.2) is 0 Å². The van der Waals surface area contributed by atoms with Gasteiger partial charge in [-0.1, -0.05) is 36.7 Å². The van der Waals surface area contributed by atoms with E-state index in [0.717, 1.165) is 5.56 Å². The van der Waals surface area contributed by atoms with Crippen LogP contribution in [0.3, 0.4) is 0 Å². The summed E-state index contributed by atoms with van der Waals surface area (Å²) in [7, 11) is 0. The molecule has 20 heavy (non-hydrogen) atoms. The molecule has 0 fully saturated rings. The number of rotatable bonds is 3. The maximum atomic E-state index is 12.4. The Labute approximate surface area is 123 Å². The average molecular weight is 293 g/mol. The number of hydrogen-bond acceptors (Lipinski definition) is 3. The molecule has 0 radical (unpaired) electrons. The predicted octanol–water partition coefficient (Wildman–Crippen LogP) is 4.32. The number of aryl methyl sites for hydroxylation is 1. The summed E-state index contributed by atoms with van der Waals surface area (Å²) in [5.41, 5.74) is 2.62. The lowest BCUT2D eigenvalue weighted by atomic mass is 10.0. The van der Waals surface area contributed by atoms with Crippen LogP contribution in [0.25, 0.3) is 0 Å². The van der Waals surface area contributed by atoms with Crippen LogP contribution in [0.15, 0.2) is 22.7 Å². The van der Waals surface area contributed by atoms with Crippen LogP contribution in [0.2, 0.25) is 5.02 Å². The second-order valence-electron chi connectivity index (χ2n) is 5.03. The smallest absolute Gasteiger partial charge is 0.261 e. The maximum absolute atomic E-state index is 12.4. The zero-order chi connectivity index (χ0) is 14.9. The van der Waals surface area contributed by atoms with E-state index in [4.69, 9.17) is 16.1 Å². The summed E-state index contributed by atoms with van der Waals surface area (Å²) in [5.74, 6) is 0.468. The van der Waals surface area contributed by atoms with Gasteiger partial charge in [0.15, 0.2) is 5.76 Å². The van der Waals surface area contributed by atoms with Crippen molar-refractivity contribution in [2.75, 3.05) is 5.32 Å². The fraction of sp³-hybridized carbons (Fsp3) is 0.333. The van der Waals surface area contributed by atoms with Gasteiger partial charge in [0.2, 0.25) is 0 Å². The van der Waals surface area contributed by atoms with E-state index in [1.165, 1.54) is 0 Å². The van der Waals surface area contributed by atoms with Gasteiger partial charge in [-0.15, -0.1) is 0 Å². The van der Waals surface area contributed by atoms with Gasteiger partial charge in [-0.05, 0) is 31.5 Å². The van der Waals surface area contributed by atoms with Crippen molar-refractivity contribution >= 4 is 23.2 Å². The summed E-state index contributed by atoms with van der Waals surface area (Å²) in [6.45, 7) is 7.54. The Kier molecular flexibility index (Phi) is 4.14. The van der Waals surface area contributed by atoms with Crippen LogP contribution in [0, 0.1) is 13.8 Å². The predicted molar refractivity (Wildman–Crippen MR) is 79.5 cm³/mol. The van der Waals surface area contributed by atoms with Gasteiger partial charge in [-0.3, -0.25) is 4.79 Å². The summed E-state index contributed by atoms with van der Waals surface area (Å²) >= 11 is 6.05. The van der Waals surface area contributed by atoms with E-state index < -0.39 is 0 Å². The quantitative estimate of drug-likeness (QED) is 0.916. The zero-order valence-electron chi connectivity index (χ0n) is 12.0. The van der Waals surface area contributed by atoms with Crippen molar-refractivity contribution in [1.29, 1.82) is 0 Å². The standard InChI is InChI=1S/C15H17ClN2O2/c1-8(2)14-13(10(4)18-20-14)15(19)17-12-7-5-6-11(16)9(12)3/h5-8H,1-4H3,(H,17,19). The molecule has 2 rings (SSSR count). The highest BCUT2D eigenvalue weighted by molar-refractivity contribution is 6.31. The van der Waals surface area contributed by atoms with Crippen LogP contribution in [0.4, 0.5) is 5.69 Å². The third kappa shape index (κ3) is 2.70. The van der Waals surface area contributed by atoms with Crippen LogP contribution >= 0.6 is 11.6 Å². The monoisotopic (exact) mass is 292 g/mol. The molecule has 4 nitrogen and oxygen atoms in total. The first-order valence-corrected chi connectivity index (χ1v) is 6.82. The molecular formula is C15H17ClN2O2. The lowest BCUT2D eigenvalue weighted by Gasteiger charge is -2.10. The lowest BCUT2D eigenvalue weighted by molar-refractivity contribution is 0.102. The zero-order valence-corrected chi connectivity index (χ0v) is 12.7. The molecule has 0 aliphatic heterocycles. The Hall–Kier alpha value is -1.81. The third-order valence-electron chi connectivity index (χ3n) is 3.16. The summed E-state index contributed by atoms with van der Waals surface area (Å²) in [4.78, 5) is 12.4. The van der Waals surface area contributed by atoms with Crippen molar-refractivity contribution in [2.45, 2.75) is 33.6 Å². The van der Waals surface area contributed by atoms with E-state index in [9.17, 15) is 4.79 Å². The Morgan fingerprint density at radius 2 is 2.05 bits per heavy atom. The second kappa shape index (κ2) is 5.67. The number of carbonyl (C=O) groups is 1. The molecule has 1 amide bonds. The van der Waals surface area contributed by atoms with Gasteiger partial charge in [-0.2, -0.15) is 0 Å². The Bertz CT molecular complexity index is 647. The number of nitrogens with zero attached hydrogens (tertiary/aromatic N) is 1. The van der Waals surface area contributed by atoms with Crippen molar-refractivity contribution < 1.29 is 9.32 Å². The van der Waals surface area contributed by atoms with Crippen LogP contribution in [-0.4, -0.2) is 11.1 Å². The van der Waals surface area contributed by atoms with E-state index >= 15 is 0 Å². The van der Waals surface area contributed by atoms with Gasteiger partial charge in [0.25, 0.3) is 5.91 Å². The summed E-state index contributed by atoms with van der Waals surface area (Å²) in [5, 5.41) is 7.36. The highest BCUT2D eigenvalue weighted by atomic mass is 35.5. The minimum atomic E-state index is -0.224. The number of nitrogens with one attached hydrogen (secondary N) is 1. The number of amides is 1. The van der Waals surface area contributed by atoms with Crippen molar-refractivity contribution in [1.82, 2.24) is 5.16 Å². The normalized spacial score (nSPS) is 10.9. The molecule has 5 heteroatoms. The van der Waals surface area contributed by atoms with Crippen molar-refractivity contribution in [3.05, 3.63) is 45.8 Å². The molecule has 0 aliphatic carbocycles. The number of aromatic nitrogens is 1. The lowest BCUT2D eigenvalue weighted by Crippen LogP contribution is -2.15. The molecule has 1 N–H and O–H groups in total. The van der Waals surface area contributed by atoms with E-state index in [2.05, 4.69) is 10.5 Å². The highest BCUT2D eigenvalue weighted by Crippen LogP contribution is 2.26. The van der Waals surface area contributed by atoms with Crippen LogP contribution in [0.5, 0.6) is 0 Å². The topological polar surface area (TPSA) is 55.1 Å². The Morgan fingerprint density at radius 1 is 1.35 bits per heavy atom. The molecule has 0 atom stereocenters. The van der Waals surface area contributed by atoms with Crippen molar-refractivity contribution in [3.63, 3.8) is 0 Å². The van der Waals surface area contributed by atoms with Crippen LogP contribution in [0.1, 0.15) is 47.1 Å². The minimum Gasteiger partial charge on any atom is -0.360 e. The van der Waals surface area contributed by atoms with Gasteiger partial charge in [0.05, 0.1) is 5.69 Å². The van der Waals surface area contributed by atoms with Crippen molar-refractivity contribution in [3.8, 4) is 0 Å². The molecule has 0 bridgehead atoms. The van der Waals surface area contributed by atoms with Gasteiger partial charge >= 0.3 is 0 Å². The first kappa shape index (κ1) is 14.6. The molecule has 1 heterocycles. The molecule has 0 unspecified atom stereocenters. The molecular weight excluding hydrogens is 276 g/mol. The fourth-order valence-electron chi connectivity index (χ4n) is 1.99. The molecule has 2 aromatic rings. The van der Waals surface area contributed by atoms with Crippen LogP contribution in [-0.2, 0) is 0 Å². The molecule has 0 aliphatic rings. The molecule has 0 saturated heterocycles. The summed E-state index contributed by atoms with van der Waals surface area (Å²) in [6, 6.07) is 5.41.